The zero-order chi connectivity index (χ0) is 14.0. The van der Waals surface area contributed by atoms with Crippen LogP contribution in [0.1, 0.15) is 39.0 Å². The van der Waals surface area contributed by atoms with Gasteiger partial charge in [-0.05, 0) is 25.7 Å². The SMILES string of the molecule is CCCCOCCCNC(=O)C1(CN)CCOCC1. The maximum Gasteiger partial charge on any atom is 0.227 e. The largest absolute Gasteiger partial charge is 0.381 e. The highest BCUT2D eigenvalue weighted by Crippen LogP contribution is 2.29. The van der Waals surface area contributed by atoms with E-state index in [0.717, 1.165) is 38.7 Å². The molecular weight excluding hydrogens is 244 g/mol. The molecule has 19 heavy (non-hydrogen) atoms. The van der Waals surface area contributed by atoms with Crippen molar-refractivity contribution in [2.24, 2.45) is 11.1 Å². The van der Waals surface area contributed by atoms with Crippen LogP contribution in [0.5, 0.6) is 0 Å². The first-order chi connectivity index (χ1) is 9.25. The molecule has 0 spiro atoms. The fourth-order valence-electron chi connectivity index (χ4n) is 2.20. The molecule has 1 aliphatic heterocycles. The summed E-state index contributed by atoms with van der Waals surface area (Å²) < 4.78 is 10.8. The van der Waals surface area contributed by atoms with Crippen LogP contribution in [0.2, 0.25) is 0 Å². The number of rotatable bonds is 9. The molecule has 0 atom stereocenters. The Morgan fingerprint density at radius 2 is 2.00 bits per heavy atom. The zero-order valence-electron chi connectivity index (χ0n) is 12.1. The van der Waals surface area contributed by atoms with Crippen LogP contribution >= 0.6 is 0 Å². The molecule has 0 aromatic heterocycles. The van der Waals surface area contributed by atoms with E-state index in [2.05, 4.69) is 12.2 Å². The Kier molecular flexibility index (Phi) is 8.02. The van der Waals surface area contributed by atoms with Crippen molar-refractivity contribution in [2.75, 3.05) is 39.5 Å². The van der Waals surface area contributed by atoms with E-state index in [1.165, 1.54) is 0 Å². The number of carbonyl (C=O) groups is 1. The van der Waals surface area contributed by atoms with Crippen molar-refractivity contribution in [1.29, 1.82) is 0 Å². The minimum atomic E-state index is -0.415. The maximum atomic E-state index is 12.2. The zero-order valence-corrected chi connectivity index (χ0v) is 12.1. The molecule has 0 bridgehead atoms. The standard InChI is InChI=1S/C14H28N2O3/c1-2-3-8-18-9-4-7-16-13(17)14(12-15)5-10-19-11-6-14/h2-12,15H2,1H3,(H,16,17). The number of hydrogen-bond acceptors (Lipinski definition) is 4. The van der Waals surface area contributed by atoms with E-state index < -0.39 is 5.41 Å². The van der Waals surface area contributed by atoms with Crippen LogP contribution in [0.15, 0.2) is 0 Å². The van der Waals surface area contributed by atoms with Gasteiger partial charge in [-0.2, -0.15) is 0 Å². The number of nitrogens with two attached hydrogens (primary N) is 1. The summed E-state index contributed by atoms with van der Waals surface area (Å²) in [5.74, 6) is 0.0758. The Hall–Kier alpha value is -0.650. The van der Waals surface area contributed by atoms with Gasteiger partial charge in [0.25, 0.3) is 0 Å². The topological polar surface area (TPSA) is 73.6 Å². The minimum Gasteiger partial charge on any atom is -0.381 e. The van der Waals surface area contributed by atoms with Gasteiger partial charge in [0, 0.05) is 39.5 Å². The van der Waals surface area contributed by atoms with Gasteiger partial charge in [-0.15, -0.1) is 0 Å². The summed E-state index contributed by atoms with van der Waals surface area (Å²) in [5, 5.41) is 2.98. The van der Waals surface area contributed by atoms with Crippen molar-refractivity contribution in [2.45, 2.75) is 39.0 Å². The van der Waals surface area contributed by atoms with Gasteiger partial charge < -0.3 is 20.5 Å². The number of unbranched alkanes of at least 4 members (excludes halogenated alkanes) is 1. The van der Waals surface area contributed by atoms with Crippen molar-refractivity contribution in [1.82, 2.24) is 5.32 Å². The number of ether oxygens (including phenoxy) is 2. The average molecular weight is 272 g/mol. The molecule has 1 heterocycles. The fourth-order valence-corrected chi connectivity index (χ4v) is 2.20. The molecular formula is C14H28N2O3. The van der Waals surface area contributed by atoms with E-state index in [1.54, 1.807) is 0 Å². The number of amides is 1. The van der Waals surface area contributed by atoms with Gasteiger partial charge >= 0.3 is 0 Å². The Morgan fingerprint density at radius 3 is 2.63 bits per heavy atom. The summed E-state index contributed by atoms with van der Waals surface area (Å²) in [4.78, 5) is 12.2. The van der Waals surface area contributed by atoms with Crippen LogP contribution in [-0.4, -0.2) is 45.4 Å². The van der Waals surface area contributed by atoms with Crippen molar-refractivity contribution < 1.29 is 14.3 Å². The molecule has 1 amide bonds. The van der Waals surface area contributed by atoms with Crippen LogP contribution in [0, 0.1) is 5.41 Å². The van der Waals surface area contributed by atoms with Crippen LogP contribution in [0.3, 0.4) is 0 Å². The van der Waals surface area contributed by atoms with Gasteiger partial charge in [0.1, 0.15) is 0 Å². The highest BCUT2D eigenvalue weighted by molar-refractivity contribution is 5.83. The van der Waals surface area contributed by atoms with Gasteiger partial charge in [-0.3, -0.25) is 4.79 Å². The third-order valence-corrected chi connectivity index (χ3v) is 3.72. The van der Waals surface area contributed by atoms with E-state index in [-0.39, 0.29) is 5.91 Å². The second-order valence-corrected chi connectivity index (χ2v) is 5.17. The van der Waals surface area contributed by atoms with Gasteiger partial charge in [0.15, 0.2) is 0 Å². The van der Waals surface area contributed by atoms with E-state index in [4.69, 9.17) is 15.2 Å². The van der Waals surface area contributed by atoms with Crippen molar-refractivity contribution in [3.05, 3.63) is 0 Å². The normalized spacial score (nSPS) is 18.2. The Morgan fingerprint density at radius 1 is 1.32 bits per heavy atom. The summed E-state index contributed by atoms with van der Waals surface area (Å²) >= 11 is 0. The quantitative estimate of drug-likeness (QED) is 0.616. The van der Waals surface area contributed by atoms with E-state index >= 15 is 0 Å². The predicted octanol–water partition coefficient (Wildman–Crippen LogP) is 1.06. The number of carbonyl (C=O) groups excluding carboxylic acids is 1. The van der Waals surface area contributed by atoms with Crippen LogP contribution in [0.4, 0.5) is 0 Å². The first kappa shape index (κ1) is 16.4. The molecule has 1 saturated heterocycles. The molecule has 5 nitrogen and oxygen atoms in total. The van der Waals surface area contributed by atoms with Crippen molar-refractivity contribution in [3.8, 4) is 0 Å². The van der Waals surface area contributed by atoms with E-state index in [9.17, 15) is 4.79 Å². The van der Waals surface area contributed by atoms with Gasteiger partial charge in [0.2, 0.25) is 5.91 Å². The maximum absolute atomic E-state index is 12.2. The van der Waals surface area contributed by atoms with E-state index in [0.29, 0.717) is 32.9 Å². The summed E-state index contributed by atoms with van der Waals surface area (Å²) in [6.07, 6.45) is 4.55. The third kappa shape index (κ3) is 5.47. The molecule has 3 N–H and O–H groups in total. The lowest BCUT2D eigenvalue weighted by Crippen LogP contribution is -2.49. The van der Waals surface area contributed by atoms with Crippen molar-refractivity contribution in [3.63, 3.8) is 0 Å². The summed E-state index contributed by atoms with van der Waals surface area (Å²) in [7, 11) is 0. The second-order valence-electron chi connectivity index (χ2n) is 5.17. The molecule has 0 radical (unpaired) electrons. The number of nitrogens with one attached hydrogen (secondary N) is 1. The second kappa shape index (κ2) is 9.28. The smallest absolute Gasteiger partial charge is 0.227 e. The third-order valence-electron chi connectivity index (χ3n) is 3.72. The molecule has 0 aromatic rings. The molecule has 0 aromatic carbocycles. The molecule has 112 valence electrons. The summed E-state index contributed by atoms with van der Waals surface area (Å²) in [6.45, 7) is 5.98. The first-order valence-corrected chi connectivity index (χ1v) is 7.39. The average Bonchev–Trinajstić information content (AvgIpc) is 2.46. The van der Waals surface area contributed by atoms with Crippen molar-refractivity contribution >= 4 is 5.91 Å². The molecule has 5 heteroatoms. The molecule has 1 rings (SSSR count). The van der Waals surface area contributed by atoms with Gasteiger partial charge in [0.05, 0.1) is 5.41 Å². The van der Waals surface area contributed by atoms with E-state index in [1.807, 2.05) is 0 Å². The molecule has 0 aliphatic carbocycles. The fraction of sp³-hybridized carbons (Fsp3) is 0.929. The van der Waals surface area contributed by atoms with Crippen LogP contribution in [-0.2, 0) is 14.3 Å². The predicted molar refractivity (Wildman–Crippen MR) is 74.9 cm³/mol. The minimum absolute atomic E-state index is 0.0758. The monoisotopic (exact) mass is 272 g/mol. The lowest BCUT2D eigenvalue weighted by Gasteiger charge is -2.34. The molecule has 0 unspecified atom stereocenters. The Bertz CT molecular complexity index is 253. The van der Waals surface area contributed by atoms with Crippen LogP contribution < -0.4 is 11.1 Å². The lowest BCUT2D eigenvalue weighted by atomic mass is 9.79. The van der Waals surface area contributed by atoms with Crippen LogP contribution in [0.25, 0.3) is 0 Å². The van der Waals surface area contributed by atoms with Gasteiger partial charge in [-0.1, -0.05) is 13.3 Å². The lowest BCUT2D eigenvalue weighted by molar-refractivity contribution is -0.135. The highest BCUT2D eigenvalue weighted by Gasteiger charge is 2.38. The summed E-state index contributed by atoms with van der Waals surface area (Å²) in [5.41, 5.74) is 5.37. The molecule has 0 saturated carbocycles. The Labute approximate surface area is 116 Å². The molecule has 1 fully saturated rings. The highest BCUT2D eigenvalue weighted by atomic mass is 16.5. The first-order valence-electron chi connectivity index (χ1n) is 7.39. The summed E-state index contributed by atoms with van der Waals surface area (Å²) in [6, 6.07) is 0. The number of hydrogen-bond donors (Lipinski definition) is 2. The Balaban J connectivity index is 2.15. The van der Waals surface area contributed by atoms with Gasteiger partial charge in [-0.25, -0.2) is 0 Å². The molecule has 1 aliphatic rings.